The van der Waals surface area contributed by atoms with E-state index in [9.17, 15) is 9.18 Å². The normalized spacial score (nSPS) is 21.3. The Morgan fingerprint density at radius 1 is 0.906 bits per heavy atom. The molecule has 1 saturated carbocycles. The second kappa shape index (κ2) is 19.2. The first-order valence-electron chi connectivity index (χ1n) is 19.1. The number of carbonyl (C=O) groups excluding carboxylic acids is 1. The second-order valence-electron chi connectivity index (χ2n) is 17.8. The van der Waals surface area contributed by atoms with Crippen LogP contribution in [0.5, 0.6) is 5.75 Å². The van der Waals surface area contributed by atoms with E-state index >= 15 is 0 Å². The summed E-state index contributed by atoms with van der Waals surface area (Å²) in [6, 6.07) is 14.7. The van der Waals surface area contributed by atoms with Crippen LogP contribution in [0.25, 0.3) is 0 Å². The van der Waals surface area contributed by atoms with Gasteiger partial charge in [-0.3, -0.25) is 4.79 Å². The molecule has 1 fully saturated rings. The summed E-state index contributed by atoms with van der Waals surface area (Å²) in [6.07, 6.45) is 12.2. The lowest BCUT2D eigenvalue weighted by Crippen LogP contribution is -2.50. The van der Waals surface area contributed by atoms with E-state index in [1.54, 1.807) is 18.2 Å². The molecule has 0 aliphatic heterocycles. The van der Waals surface area contributed by atoms with E-state index in [1.807, 2.05) is 18.2 Å². The predicted octanol–water partition coefficient (Wildman–Crippen LogP) is 12.2. The second-order valence-corrected chi connectivity index (χ2v) is 28.1. The van der Waals surface area contributed by atoms with E-state index in [-0.39, 0.29) is 52.4 Å². The Morgan fingerprint density at radius 2 is 1.55 bits per heavy atom. The van der Waals surface area contributed by atoms with Crippen molar-refractivity contribution in [3.63, 3.8) is 0 Å². The van der Waals surface area contributed by atoms with Crippen LogP contribution in [0.1, 0.15) is 86.1 Å². The molecule has 0 bridgehead atoms. The van der Waals surface area contributed by atoms with Crippen LogP contribution in [-0.4, -0.2) is 54.1 Å². The number of benzene rings is 2. The number of carbonyl (C=O) groups is 1. The number of esters is 1. The molecule has 2 aromatic carbocycles. The van der Waals surface area contributed by atoms with Crippen LogP contribution in [-0.2, 0) is 29.7 Å². The molecule has 5 atom stereocenters. The van der Waals surface area contributed by atoms with Gasteiger partial charge in [-0.25, -0.2) is 4.39 Å². The van der Waals surface area contributed by atoms with Gasteiger partial charge in [0.05, 0.1) is 25.9 Å². The summed E-state index contributed by atoms with van der Waals surface area (Å²) in [6.45, 7) is 25.3. The zero-order valence-corrected chi connectivity index (χ0v) is 38.0. The third kappa shape index (κ3) is 13.3. The number of allylic oxidation sites excluding steroid dienone is 2. The SMILES string of the molecule is COC(=O)CCC/C=C/CC1C(O[Si](C)(C)C(C)(C)C)CC(OCc2ccccc2Br)C1/C=C/C(C)(COc1ccccc1F)O[Si](C)(C)C(C)(C)C. The minimum absolute atomic E-state index is 0.00257. The van der Waals surface area contributed by atoms with Crippen molar-refractivity contribution < 1.29 is 32.2 Å². The van der Waals surface area contributed by atoms with Crippen LogP contribution in [0.4, 0.5) is 4.39 Å². The Morgan fingerprint density at radius 3 is 2.17 bits per heavy atom. The first kappa shape index (κ1) is 45.3. The van der Waals surface area contributed by atoms with Gasteiger partial charge in [0.15, 0.2) is 28.2 Å². The number of ether oxygens (including phenoxy) is 3. The van der Waals surface area contributed by atoms with Gasteiger partial charge in [0, 0.05) is 16.8 Å². The quantitative estimate of drug-likeness (QED) is 0.0645. The fraction of sp³-hybridized carbons (Fsp3) is 0.605. The summed E-state index contributed by atoms with van der Waals surface area (Å²) < 4.78 is 48.0. The summed E-state index contributed by atoms with van der Waals surface area (Å²) in [4.78, 5) is 11.7. The van der Waals surface area contributed by atoms with Gasteiger partial charge in [0.2, 0.25) is 0 Å². The van der Waals surface area contributed by atoms with Crippen LogP contribution in [0, 0.1) is 17.7 Å². The van der Waals surface area contributed by atoms with E-state index in [0.717, 1.165) is 35.7 Å². The highest BCUT2D eigenvalue weighted by Gasteiger charge is 2.48. The fourth-order valence-electron chi connectivity index (χ4n) is 6.12. The molecule has 0 heterocycles. The molecule has 6 nitrogen and oxygen atoms in total. The van der Waals surface area contributed by atoms with E-state index in [4.69, 9.17) is 23.1 Å². The van der Waals surface area contributed by atoms with Crippen molar-refractivity contribution in [2.45, 2.75) is 141 Å². The van der Waals surface area contributed by atoms with Crippen molar-refractivity contribution in [1.82, 2.24) is 0 Å². The van der Waals surface area contributed by atoms with Gasteiger partial charge >= 0.3 is 5.97 Å². The Bertz CT molecular complexity index is 1530. The predicted molar refractivity (Wildman–Crippen MR) is 224 cm³/mol. The third-order valence-electron chi connectivity index (χ3n) is 11.4. The monoisotopic (exact) mass is 832 g/mol. The number of para-hydroxylation sites is 1. The minimum atomic E-state index is -2.30. The van der Waals surface area contributed by atoms with Gasteiger partial charge in [-0.15, -0.1) is 0 Å². The van der Waals surface area contributed by atoms with Crippen LogP contribution >= 0.6 is 15.9 Å². The molecule has 0 N–H and O–H groups in total. The Balaban J connectivity index is 2.06. The van der Waals surface area contributed by atoms with Crippen LogP contribution < -0.4 is 4.74 Å². The molecule has 2 aromatic rings. The Labute approximate surface area is 330 Å². The van der Waals surface area contributed by atoms with E-state index in [0.29, 0.717) is 13.0 Å². The molecule has 10 heteroatoms. The highest BCUT2D eigenvalue weighted by atomic mass is 79.9. The molecule has 53 heavy (non-hydrogen) atoms. The smallest absolute Gasteiger partial charge is 0.305 e. The van der Waals surface area contributed by atoms with Gasteiger partial charge in [0.25, 0.3) is 0 Å². The summed E-state index contributed by atoms with van der Waals surface area (Å²) in [5.41, 5.74) is 0.251. The molecule has 0 amide bonds. The maximum absolute atomic E-state index is 14.8. The summed E-state index contributed by atoms with van der Waals surface area (Å²) >= 11 is 3.71. The van der Waals surface area contributed by atoms with Crippen molar-refractivity contribution in [1.29, 1.82) is 0 Å². The maximum Gasteiger partial charge on any atom is 0.305 e. The average Bonchev–Trinajstić information content (AvgIpc) is 3.38. The summed E-state index contributed by atoms with van der Waals surface area (Å²) in [5, 5.41) is -0.00837. The summed E-state index contributed by atoms with van der Waals surface area (Å²) in [5.74, 6) is -0.242. The lowest BCUT2D eigenvalue weighted by Gasteiger charge is -2.43. The van der Waals surface area contributed by atoms with Gasteiger partial charge < -0.3 is 23.1 Å². The van der Waals surface area contributed by atoms with E-state index in [2.05, 4.69) is 121 Å². The molecular formula is C43H66BrFO6Si2. The number of unbranched alkanes of at least 4 members (excludes halogenated alkanes) is 1. The average molecular weight is 834 g/mol. The standard InChI is InChI=1S/C43H66BrFO6Si2/c1-41(2,3)52(9,10)50-39-29-38(48-30-32-21-17-18-23-35(32)44)34(33(39)22-15-13-14-16-26-40(46)47-8)27-28-43(7,51-53(11,12)42(4,5)6)31-49-37-25-20-19-24-36(37)45/h13,15,17-21,23-25,27-28,33-34,38-39H,14,16,22,26,29-31H2,1-12H3/b15-13+,28-27+. The van der Waals surface area contributed by atoms with Crippen LogP contribution in [0.15, 0.2) is 77.3 Å². The van der Waals surface area contributed by atoms with Crippen molar-refractivity contribution in [3.05, 3.63) is 88.7 Å². The number of methoxy groups -OCH3 is 1. The third-order valence-corrected chi connectivity index (χ3v) is 21.3. The Kier molecular flexibility index (Phi) is 16.4. The van der Waals surface area contributed by atoms with Crippen LogP contribution in [0.2, 0.25) is 36.3 Å². The first-order chi connectivity index (χ1) is 24.6. The fourth-order valence-corrected chi connectivity index (χ4v) is 9.50. The van der Waals surface area contributed by atoms with Crippen molar-refractivity contribution in [3.8, 4) is 5.75 Å². The minimum Gasteiger partial charge on any atom is -0.487 e. The maximum atomic E-state index is 14.8. The zero-order valence-electron chi connectivity index (χ0n) is 34.4. The number of hydrogen-bond donors (Lipinski definition) is 0. The van der Waals surface area contributed by atoms with Gasteiger partial charge in [-0.05, 0) is 98.6 Å². The molecule has 1 aliphatic carbocycles. The van der Waals surface area contributed by atoms with Crippen molar-refractivity contribution in [2.24, 2.45) is 11.8 Å². The zero-order chi connectivity index (χ0) is 39.7. The molecule has 0 radical (unpaired) electrons. The molecule has 3 rings (SSSR count). The largest absolute Gasteiger partial charge is 0.487 e. The molecular weight excluding hydrogens is 768 g/mol. The van der Waals surface area contributed by atoms with E-state index in [1.165, 1.54) is 13.2 Å². The Hall–Kier alpha value is -2.09. The van der Waals surface area contributed by atoms with Crippen molar-refractivity contribution >= 4 is 38.5 Å². The van der Waals surface area contributed by atoms with Crippen LogP contribution in [0.3, 0.4) is 0 Å². The lowest BCUT2D eigenvalue weighted by atomic mass is 9.88. The van der Waals surface area contributed by atoms with Gasteiger partial charge in [0.1, 0.15) is 12.2 Å². The molecule has 0 saturated heterocycles. The molecule has 0 aromatic heterocycles. The first-order valence-corrected chi connectivity index (χ1v) is 25.7. The number of hydrogen-bond acceptors (Lipinski definition) is 6. The highest BCUT2D eigenvalue weighted by molar-refractivity contribution is 9.10. The van der Waals surface area contributed by atoms with Gasteiger partial charge in [-0.2, -0.15) is 0 Å². The highest BCUT2D eigenvalue weighted by Crippen LogP contribution is 2.46. The number of halogens is 2. The number of rotatable bonds is 18. The molecule has 5 unspecified atom stereocenters. The molecule has 0 spiro atoms. The van der Waals surface area contributed by atoms with Crippen molar-refractivity contribution in [2.75, 3.05) is 13.7 Å². The topological polar surface area (TPSA) is 63.2 Å². The molecule has 1 aliphatic rings. The van der Waals surface area contributed by atoms with E-state index < -0.39 is 28.1 Å². The molecule has 296 valence electrons. The van der Waals surface area contributed by atoms with Gasteiger partial charge in [-0.1, -0.05) is 112 Å². The summed E-state index contributed by atoms with van der Waals surface area (Å²) in [7, 11) is -3.02. The lowest BCUT2D eigenvalue weighted by molar-refractivity contribution is -0.140.